The van der Waals surface area contributed by atoms with Crippen LogP contribution in [0.1, 0.15) is 54.4 Å². The molecule has 1 heterocycles. The molecule has 1 amide bonds. The molecule has 1 aliphatic rings. The van der Waals surface area contributed by atoms with Crippen molar-refractivity contribution in [3.05, 3.63) is 35.4 Å². The van der Waals surface area contributed by atoms with Crippen molar-refractivity contribution in [2.24, 2.45) is 0 Å². The van der Waals surface area contributed by atoms with Crippen molar-refractivity contribution in [1.82, 2.24) is 4.90 Å². The summed E-state index contributed by atoms with van der Waals surface area (Å²) in [6.45, 7) is 3.71. The monoisotopic (exact) mass is 273 g/mol. The van der Waals surface area contributed by atoms with Gasteiger partial charge in [-0.25, -0.2) is 0 Å². The number of rotatable bonds is 4. The molecule has 108 valence electrons. The van der Waals surface area contributed by atoms with E-state index in [0.717, 1.165) is 31.5 Å². The first kappa shape index (κ1) is 14.8. The van der Waals surface area contributed by atoms with Gasteiger partial charge in [-0.3, -0.25) is 9.59 Å². The number of aryl methyl sites for hydroxylation is 1. The Morgan fingerprint density at radius 3 is 2.15 bits per heavy atom. The minimum absolute atomic E-state index is 0.0631. The molecule has 1 fully saturated rings. The lowest BCUT2D eigenvalue weighted by atomic mass is 10.0. The summed E-state index contributed by atoms with van der Waals surface area (Å²) in [5, 5.41) is 0. The van der Waals surface area contributed by atoms with Gasteiger partial charge in [0.15, 0.2) is 5.78 Å². The highest BCUT2D eigenvalue weighted by molar-refractivity contribution is 5.97. The molecule has 2 rings (SSSR count). The van der Waals surface area contributed by atoms with Gasteiger partial charge in [-0.15, -0.1) is 0 Å². The van der Waals surface area contributed by atoms with Crippen molar-refractivity contribution in [3.63, 3.8) is 0 Å². The van der Waals surface area contributed by atoms with Crippen LogP contribution >= 0.6 is 0 Å². The molecule has 1 aliphatic heterocycles. The first-order valence-electron chi connectivity index (χ1n) is 7.54. The van der Waals surface area contributed by atoms with Crippen LogP contribution in [0.4, 0.5) is 0 Å². The van der Waals surface area contributed by atoms with Crippen LogP contribution in [0.5, 0.6) is 0 Å². The maximum absolute atomic E-state index is 12.1. The second-order valence-electron chi connectivity index (χ2n) is 5.58. The Balaban J connectivity index is 1.83. The molecule has 3 heteroatoms. The zero-order valence-corrected chi connectivity index (χ0v) is 12.2. The van der Waals surface area contributed by atoms with Gasteiger partial charge in [-0.2, -0.15) is 0 Å². The normalized spacial score (nSPS) is 15.8. The average Bonchev–Trinajstić information content (AvgIpc) is 2.74. The highest BCUT2D eigenvalue weighted by Crippen LogP contribution is 2.13. The predicted molar refractivity (Wildman–Crippen MR) is 79.8 cm³/mol. The first-order chi connectivity index (χ1) is 9.66. The minimum Gasteiger partial charge on any atom is -0.343 e. The highest BCUT2D eigenvalue weighted by atomic mass is 16.2. The molecule has 0 radical (unpaired) electrons. The second kappa shape index (κ2) is 7.22. The smallest absolute Gasteiger partial charge is 0.223 e. The van der Waals surface area contributed by atoms with Crippen molar-refractivity contribution in [2.45, 2.75) is 45.4 Å². The van der Waals surface area contributed by atoms with Gasteiger partial charge >= 0.3 is 0 Å². The number of benzene rings is 1. The summed E-state index contributed by atoms with van der Waals surface area (Å²) in [5.74, 6) is 0.195. The van der Waals surface area contributed by atoms with E-state index in [4.69, 9.17) is 0 Å². The Labute approximate surface area is 121 Å². The fraction of sp³-hybridized carbons (Fsp3) is 0.529. The Bertz CT molecular complexity index is 456. The van der Waals surface area contributed by atoms with Gasteiger partial charge in [0.05, 0.1) is 0 Å². The zero-order valence-electron chi connectivity index (χ0n) is 12.2. The standard InChI is InChI=1S/C17H23NO2/c1-14-6-8-15(9-7-14)16(19)10-11-17(20)18-12-4-2-3-5-13-18/h6-9H,2-5,10-13H2,1H3. The molecular formula is C17H23NO2. The Kier molecular flexibility index (Phi) is 5.33. The largest absolute Gasteiger partial charge is 0.343 e. The van der Waals surface area contributed by atoms with E-state index in [1.54, 1.807) is 0 Å². The Morgan fingerprint density at radius 2 is 1.55 bits per heavy atom. The molecule has 1 aromatic rings. The topological polar surface area (TPSA) is 37.4 Å². The summed E-state index contributed by atoms with van der Waals surface area (Å²) in [7, 11) is 0. The molecule has 0 aliphatic carbocycles. The number of Topliss-reactive ketones (excluding diaryl/α,β-unsaturated/α-hetero) is 1. The molecule has 0 aromatic heterocycles. The fourth-order valence-corrected chi connectivity index (χ4v) is 2.58. The number of amides is 1. The molecule has 0 saturated carbocycles. The number of nitrogens with zero attached hydrogens (tertiary/aromatic N) is 1. The van der Waals surface area contributed by atoms with Gasteiger partial charge in [-0.1, -0.05) is 42.7 Å². The van der Waals surface area contributed by atoms with Crippen LogP contribution in [0, 0.1) is 6.92 Å². The predicted octanol–water partition coefficient (Wildman–Crippen LogP) is 3.36. The van der Waals surface area contributed by atoms with Crippen LogP contribution in [0.3, 0.4) is 0 Å². The van der Waals surface area contributed by atoms with Crippen molar-refractivity contribution < 1.29 is 9.59 Å². The van der Waals surface area contributed by atoms with Gasteiger partial charge in [-0.05, 0) is 19.8 Å². The van der Waals surface area contributed by atoms with Gasteiger partial charge in [0.25, 0.3) is 0 Å². The SMILES string of the molecule is Cc1ccc(C(=O)CCC(=O)N2CCCCCC2)cc1. The maximum atomic E-state index is 12.1. The number of hydrogen-bond donors (Lipinski definition) is 0. The molecule has 0 N–H and O–H groups in total. The van der Waals surface area contributed by atoms with E-state index in [1.807, 2.05) is 36.1 Å². The number of likely N-dealkylation sites (tertiary alicyclic amines) is 1. The third-order valence-electron chi connectivity index (χ3n) is 3.90. The fourth-order valence-electron chi connectivity index (χ4n) is 2.58. The number of hydrogen-bond acceptors (Lipinski definition) is 2. The van der Waals surface area contributed by atoms with Crippen molar-refractivity contribution >= 4 is 11.7 Å². The van der Waals surface area contributed by atoms with Crippen LogP contribution in [0.25, 0.3) is 0 Å². The first-order valence-corrected chi connectivity index (χ1v) is 7.54. The number of ketones is 1. The molecule has 0 bridgehead atoms. The lowest BCUT2D eigenvalue weighted by Gasteiger charge is -2.20. The Hall–Kier alpha value is -1.64. The molecule has 1 saturated heterocycles. The van der Waals surface area contributed by atoms with Gasteiger partial charge in [0.1, 0.15) is 0 Å². The quantitative estimate of drug-likeness (QED) is 0.789. The highest BCUT2D eigenvalue weighted by Gasteiger charge is 2.16. The van der Waals surface area contributed by atoms with Crippen molar-refractivity contribution in [2.75, 3.05) is 13.1 Å². The van der Waals surface area contributed by atoms with Gasteiger partial charge in [0, 0.05) is 31.5 Å². The average molecular weight is 273 g/mol. The molecule has 3 nitrogen and oxygen atoms in total. The van der Waals surface area contributed by atoms with E-state index < -0.39 is 0 Å². The molecular weight excluding hydrogens is 250 g/mol. The van der Waals surface area contributed by atoms with Crippen LogP contribution in [0.2, 0.25) is 0 Å². The van der Waals surface area contributed by atoms with E-state index in [0.29, 0.717) is 18.4 Å². The Morgan fingerprint density at radius 1 is 0.950 bits per heavy atom. The molecule has 0 unspecified atom stereocenters. The lowest BCUT2D eigenvalue weighted by molar-refractivity contribution is -0.131. The third-order valence-corrected chi connectivity index (χ3v) is 3.90. The lowest BCUT2D eigenvalue weighted by Crippen LogP contribution is -2.32. The molecule has 1 aromatic carbocycles. The van der Waals surface area contributed by atoms with Crippen LogP contribution in [0.15, 0.2) is 24.3 Å². The van der Waals surface area contributed by atoms with Crippen LogP contribution in [-0.4, -0.2) is 29.7 Å². The maximum Gasteiger partial charge on any atom is 0.223 e. The molecule has 0 spiro atoms. The second-order valence-corrected chi connectivity index (χ2v) is 5.58. The summed E-state index contributed by atoms with van der Waals surface area (Å²) in [4.78, 5) is 26.1. The van der Waals surface area contributed by atoms with Crippen LogP contribution < -0.4 is 0 Å². The number of carbonyl (C=O) groups is 2. The van der Waals surface area contributed by atoms with Gasteiger partial charge in [0.2, 0.25) is 5.91 Å². The third kappa shape index (κ3) is 4.19. The summed E-state index contributed by atoms with van der Waals surface area (Å²) in [5.41, 5.74) is 1.85. The number of carbonyl (C=O) groups excluding carboxylic acids is 2. The van der Waals surface area contributed by atoms with E-state index in [2.05, 4.69) is 0 Å². The summed E-state index contributed by atoms with van der Waals surface area (Å²) < 4.78 is 0. The van der Waals surface area contributed by atoms with Crippen molar-refractivity contribution in [1.29, 1.82) is 0 Å². The van der Waals surface area contributed by atoms with E-state index in [-0.39, 0.29) is 11.7 Å². The van der Waals surface area contributed by atoms with E-state index in [9.17, 15) is 9.59 Å². The molecule has 0 atom stereocenters. The van der Waals surface area contributed by atoms with Crippen LogP contribution in [-0.2, 0) is 4.79 Å². The summed E-state index contributed by atoms with van der Waals surface area (Å²) in [6.07, 6.45) is 5.28. The summed E-state index contributed by atoms with van der Waals surface area (Å²) in [6, 6.07) is 7.55. The molecule has 20 heavy (non-hydrogen) atoms. The van der Waals surface area contributed by atoms with E-state index >= 15 is 0 Å². The zero-order chi connectivity index (χ0) is 14.4. The minimum atomic E-state index is 0.0631. The van der Waals surface area contributed by atoms with Crippen molar-refractivity contribution in [3.8, 4) is 0 Å². The summed E-state index contributed by atoms with van der Waals surface area (Å²) >= 11 is 0. The van der Waals surface area contributed by atoms with E-state index in [1.165, 1.54) is 12.8 Å². The van der Waals surface area contributed by atoms with Gasteiger partial charge < -0.3 is 4.90 Å².